The molecule has 5 heteroatoms. The number of hydrogen-bond acceptors (Lipinski definition) is 3. The number of aryl methyl sites for hydroxylation is 2. The third-order valence-electron chi connectivity index (χ3n) is 3.20. The van der Waals surface area contributed by atoms with Crippen molar-refractivity contribution in [3.8, 4) is 11.3 Å². The number of carboxylic acids is 1. The summed E-state index contributed by atoms with van der Waals surface area (Å²) in [6.07, 6.45) is 2.08. The lowest BCUT2D eigenvalue weighted by Gasteiger charge is -2.14. The van der Waals surface area contributed by atoms with Crippen LogP contribution < -0.4 is 0 Å². The molecule has 0 amide bonds. The van der Waals surface area contributed by atoms with Crippen LogP contribution in [0.25, 0.3) is 11.3 Å². The summed E-state index contributed by atoms with van der Waals surface area (Å²) in [6, 6.07) is 5.36. The number of carboxylic acid groups (broad SMARTS) is 1. The van der Waals surface area contributed by atoms with Crippen molar-refractivity contribution in [2.75, 3.05) is 0 Å². The molecule has 1 atom stereocenters. The van der Waals surface area contributed by atoms with Crippen molar-refractivity contribution >= 4 is 5.97 Å². The Labute approximate surface area is 111 Å². The molecule has 1 aromatic carbocycles. The van der Waals surface area contributed by atoms with Crippen LogP contribution in [0.5, 0.6) is 0 Å². The summed E-state index contributed by atoms with van der Waals surface area (Å²) in [6.45, 7) is 5.85. The van der Waals surface area contributed by atoms with Crippen LogP contribution in [0.2, 0.25) is 0 Å². The zero-order chi connectivity index (χ0) is 14.0. The van der Waals surface area contributed by atoms with Gasteiger partial charge in [-0.25, -0.2) is 9.48 Å². The molecule has 0 radical (unpaired) electrons. The van der Waals surface area contributed by atoms with Crippen LogP contribution in [0.1, 0.15) is 30.5 Å². The average Bonchev–Trinajstić information content (AvgIpc) is 2.78. The van der Waals surface area contributed by atoms with Crippen LogP contribution in [0.4, 0.5) is 0 Å². The van der Waals surface area contributed by atoms with E-state index in [0.29, 0.717) is 6.42 Å². The van der Waals surface area contributed by atoms with Gasteiger partial charge in [0.05, 0.1) is 11.9 Å². The number of nitrogens with zero attached hydrogens (tertiary/aromatic N) is 3. The molecule has 0 saturated carbocycles. The average molecular weight is 259 g/mol. The molecule has 0 aliphatic carbocycles. The second kappa shape index (κ2) is 5.22. The maximum atomic E-state index is 11.3. The predicted octanol–water partition coefficient (Wildman–Crippen LogP) is 2.60. The molecule has 1 heterocycles. The van der Waals surface area contributed by atoms with E-state index in [9.17, 15) is 9.90 Å². The molecule has 1 aromatic heterocycles. The summed E-state index contributed by atoms with van der Waals surface area (Å²) >= 11 is 0. The van der Waals surface area contributed by atoms with Crippen molar-refractivity contribution in [2.24, 2.45) is 0 Å². The van der Waals surface area contributed by atoms with E-state index >= 15 is 0 Å². The topological polar surface area (TPSA) is 68.0 Å². The van der Waals surface area contributed by atoms with Crippen molar-refractivity contribution in [3.63, 3.8) is 0 Å². The maximum Gasteiger partial charge on any atom is 0.328 e. The van der Waals surface area contributed by atoms with E-state index in [4.69, 9.17) is 0 Å². The van der Waals surface area contributed by atoms with Gasteiger partial charge >= 0.3 is 5.97 Å². The second-order valence-electron chi connectivity index (χ2n) is 4.64. The zero-order valence-corrected chi connectivity index (χ0v) is 11.3. The molecule has 0 fully saturated rings. The molecule has 0 saturated heterocycles. The van der Waals surface area contributed by atoms with Crippen molar-refractivity contribution in [1.29, 1.82) is 0 Å². The summed E-state index contributed by atoms with van der Waals surface area (Å²) in [7, 11) is 0. The molecular weight excluding hydrogens is 242 g/mol. The van der Waals surface area contributed by atoms with E-state index < -0.39 is 12.0 Å². The summed E-state index contributed by atoms with van der Waals surface area (Å²) in [5, 5.41) is 17.0. The molecule has 19 heavy (non-hydrogen) atoms. The quantitative estimate of drug-likeness (QED) is 0.916. The normalized spacial score (nSPS) is 12.4. The number of rotatable bonds is 4. The van der Waals surface area contributed by atoms with Crippen LogP contribution in [-0.4, -0.2) is 26.1 Å². The van der Waals surface area contributed by atoms with Gasteiger partial charge in [0.2, 0.25) is 0 Å². The lowest BCUT2D eigenvalue weighted by atomic mass is 10.0. The Morgan fingerprint density at radius 3 is 2.74 bits per heavy atom. The van der Waals surface area contributed by atoms with Gasteiger partial charge in [-0.2, -0.15) is 0 Å². The second-order valence-corrected chi connectivity index (χ2v) is 4.64. The Balaban J connectivity index is 2.52. The highest BCUT2D eigenvalue weighted by molar-refractivity contribution is 5.73. The van der Waals surface area contributed by atoms with Crippen LogP contribution >= 0.6 is 0 Å². The molecule has 5 nitrogen and oxygen atoms in total. The first kappa shape index (κ1) is 13.3. The first-order valence-electron chi connectivity index (χ1n) is 6.25. The number of hydrogen-bond donors (Lipinski definition) is 1. The Morgan fingerprint density at radius 1 is 1.42 bits per heavy atom. The van der Waals surface area contributed by atoms with Crippen molar-refractivity contribution in [2.45, 2.75) is 33.2 Å². The predicted molar refractivity (Wildman–Crippen MR) is 71.9 cm³/mol. The minimum absolute atomic E-state index is 0.469. The molecule has 0 spiro atoms. The summed E-state index contributed by atoms with van der Waals surface area (Å²) in [5.41, 5.74) is 3.97. The first-order valence-corrected chi connectivity index (χ1v) is 6.25. The number of aliphatic carboxylic acids is 1. The summed E-state index contributed by atoms with van der Waals surface area (Å²) < 4.78 is 1.49. The summed E-state index contributed by atoms with van der Waals surface area (Å²) in [4.78, 5) is 11.3. The Morgan fingerprint density at radius 2 is 2.16 bits per heavy atom. The van der Waals surface area contributed by atoms with Gasteiger partial charge in [-0.3, -0.25) is 0 Å². The fraction of sp³-hybridized carbons (Fsp3) is 0.357. The lowest BCUT2D eigenvalue weighted by Crippen LogP contribution is -2.20. The molecule has 2 rings (SSSR count). The van der Waals surface area contributed by atoms with Crippen LogP contribution in [0.15, 0.2) is 24.4 Å². The third-order valence-corrected chi connectivity index (χ3v) is 3.20. The molecule has 1 unspecified atom stereocenters. The molecule has 0 aliphatic heterocycles. The van der Waals surface area contributed by atoms with Crippen LogP contribution in [0, 0.1) is 13.8 Å². The summed E-state index contributed by atoms with van der Waals surface area (Å²) in [5.74, 6) is -0.890. The minimum atomic E-state index is -0.890. The Bertz CT molecular complexity index is 604. The fourth-order valence-electron chi connectivity index (χ4n) is 2.22. The molecule has 0 bridgehead atoms. The SMILES string of the molecule is CCC(C(=O)O)n1nncc1-c1ccc(C)cc1C. The van der Waals surface area contributed by atoms with E-state index in [2.05, 4.69) is 16.4 Å². The fourth-order valence-corrected chi connectivity index (χ4v) is 2.22. The van der Waals surface area contributed by atoms with Crippen LogP contribution in [-0.2, 0) is 4.79 Å². The highest BCUT2D eigenvalue weighted by Gasteiger charge is 2.22. The Kier molecular flexibility index (Phi) is 3.64. The first-order chi connectivity index (χ1) is 9.04. The third kappa shape index (κ3) is 2.50. The van der Waals surface area contributed by atoms with E-state index in [-0.39, 0.29) is 0 Å². The van der Waals surface area contributed by atoms with Gasteiger partial charge in [0, 0.05) is 5.56 Å². The number of benzene rings is 1. The molecule has 100 valence electrons. The molecule has 1 N–H and O–H groups in total. The van der Waals surface area contributed by atoms with Gasteiger partial charge in [-0.1, -0.05) is 35.9 Å². The smallest absolute Gasteiger partial charge is 0.328 e. The van der Waals surface area contributed by atoms with Crippen molar-refractivity contribution < 1.29 is 9.90 Å². The highest BCUT2D eigenvalue weighted by Crippen LogP contribution is 2.26. The van der Waals surface area contributed by atoms with Gasteiger partial charge in [0.25, 0.3) is 0 Å². The van der Waals surface area contributed by atoms with E-state index in [1.54, 1.807) is 6.20 Å². The van der Waals surface area contributed by atoms with E-state index in [1.807, 2.05) is 32.9 Å². The zero-order valence-electron chi connectivity index (χ0n) is 11.3. The van der Waals surface area contributed by atoms with Gasteiger partial charge < -0.3 is 5.11 Å². The largest absolute Gasteiger partial charge is 0.480 e. The number of carbonyl (C=O) groups is 1. The van der Waals surface area contributed by atoms with Crippen molar-refractivity contribution in [1.82, 2.24) is 15.0 Å². The maximum absolute atomic E-state index is 11.3. The molecular formula is C14H17N3O2. The van der Waals surface area contributed by atoms with E-state index in [0.717, 1.165) is 16.8 Å². The van der Waals surface area contributed by atoms with Gasteiger partial charge in [0.15, 0.2) is 6.04 Å². The standard InChI is InChI=1S/C14H17N3O2/c1-4-12(14(18)19)17-13(8-15-16-17)11-6-5-9(2)7-10(11)3/h5-8,12H,4H2,1-3H3,(H,18,19). The van der Waals surface area contributed by atoms with Crippen molar-refractivity contribution in [3.05, 3.63) is 35.5 Å². The van der Waals surface area contributed by atoms with Gasteiger partial charge in [0.1, 0.15) is 0 Å². The van der Waals surface area contributed by atoms with E-state index in [1.165, 1.54) is 10.2 Å². The van der Waals surface area contributed by atoms with Gasteiger partial charge in [-0.15, -0.1) is 5.10 Å². The van der Waals surface area contributed by atoms with Gasteiger partial charge in [-0.05, 0) is 25.8 Å². The minimum Gasteiger partial charge on any atom is -0.480 e. The highest BCUT2D eigenvalue weighted by atomic mass is 16.4. The monoisotopic (exact) mass is 259 g/mol. The molecule has 0 aliphatic rings. The molecule has 2 aromatic rings. The lowest BCUT2D eigenvalue weighted by molar-refractivity contribution is -0.141. The number of aromatic nitrogens is 3. The van der Waals surface area contributed by atoms with Crippen LogP contribution in [0.3, 0.4) is 0 Å². The Hall–Kier alpha value is -2.17.